The first kappa shape index (κ1) is 14.5. The van der Waals surface area contributed by atoms with Crippen LogP contribution in [0.2, 0.25) is 0 Å². The summed E-state index contributed by atoms with van der Waals surface area (Å²) in [6, 6.07) is 0. The van der Waals surface area contributed by atoms with Crippen molar-refractivity contribution in [3.63, 3.8) is 0 Å². The molecule has 1 aromatic heterocycles. The maximum Gasteiger partial charge on any atom is 0.284 e. The Kier molecular flexibility index (Phi) is 3.79. The van der Waals surface area contributed by atoms with E-state index in [0.29, 0.717) is 10.8 Å². The summed E-state index contributed by atoms with van der Waals surface area (Å²) in [7, 11) is 0. The third kappa shape index (κ3) is 2.28. The molecular formula is C10H11F2N3O5. The SMILES string of the molecule is NC(=O)c1nc(F)cn([C@@H]2O[C@H](CO)[C@@H](O)[C@@H]2F)c1=O. The lowest BCUT2D eigenvalue weighted by molar-refractivity contribution is -0.0491. The van der Waals surface area contributed by atoms with E-state index < -0.39 is 54.3 Å². The van der Waals surface area contributed by atoms with Crippen LogP contribution in [0.1, 0.15) is 16.7 Å². The number of aliphatic hydroxyl groups excluding tert-OH is 2. The van der Waals surface area contributed by atoms with Gasteiger partial charge in [-0.25, -0.2) is 9.37 Å². The molecule has 0 saturated carbocycles. The van der Waals surface area contributed by atoms with Crippen molar-refractivity contribution in [3.8, 4) is 0 Å². The summed E-state index contributed by atoms with van der Waals surface area (Å²) in [4.78, 5) is 25.8. The Bertz CT molecular complexity index is 593. The number of aliphatic hydroxyl groups is 2. The van der Waals surface area contributed by atoms with Crippen LogP contribution in [-0.4, -0.2) is 50.7 Å². The van der Waals surface area contributed by atoms with Crippen molar-refractivity contribution >= 4 is 5.91 Å². The number of rotatable bonds is 3. The first-order chi connectivity index (χ1) is 9.36. The smallest absolute Gasteiger partial charge is 0.284 e. The first-order valence-electron chi connectivity index (χ1n) is 5.53. The minimum absolute atomic E-state index is 0.436. The summed E-state index contributed by atoms with van der Waals surface area (Å²) in [5.74, 6) is -2.52. The predicted molar refractivity (Wildman–Crippen MR) is 58.9 cm³/mol. The average Bonchev–Trinajstić information content (AvgIpc) is 2.68. The third-order valence-electron chi connectivity index (χ3n) is 2.88. The van der Waals surface area contributed by atoms with Gasteiger partial charge in [0.2, 0.25) is 5.95 Å². The Morgan fingerprint density at radius 2 is 2.25 bits per heavy atom. The van der Waals surface area contributed by atoms with E-state index in [1.807, 2.05) is 0 Å². The van der Waals surface area contributed by atoms with Crippen LogP contribution in [0, 0.1) is 5.95 Å². The van der Waals surface area contributed by atoms with Gasteiger partial charge in [-0.1, -0.05) is 0 Å². The lowest BCUT2D eigenvalue weighted by Crippen LogP contribution is -2.37. The monoisotopic (exact) mass is 291 g/mol. The van der Waals surface area contributed by atoms with Gasteiger partial charge in [-0.2, -0.15) is 4.39 Å². The summed E-state index contributed by atoms with van der Waals surface area (Å²) in [6.45, 7) is -0.691. The molecule has 1 amide bonds. The van der Waals surface area contributed by atoms with Gasteiger partial charge in [0, 0.05) is 0 Å². The lowest BCUT2D eigenvalue weighted by Gasteiger charge is -2.16. The number of primary amides is 1. The number of amides is 1. The van der Waals surface area contributed by atoms with Crippen LogP contribution in [0.15, 0.2) is 11.0 Å². The number of halogens is 2. The van der Waals surface area contributed by atoms with Crippen LogP contribution in [0.3, 0.4) is 0 Å². The molecule has 110 valence electrons. The first-order valence-corrected chi connectivity index (χ1v) is 5.53. The van der Waals surface area contributed by atoms with E-state index in [1.165, 1.54) is 0 Å². The molecule has 0 aliphatic carbocycles. The van der Waals surface area contributed by atoms with E-state index in [1.54, 1.807) is 0 Å². The van der Waals surface area contributed by atoms with Gasteiger partial charge in [-0.3, -0.25) is 14.2 Å². The number of ether oxygens (including phenoxy) is 1. The summed E-state index contributed by atoms with van der Waals surface area (Å²) >= 11 is 0. The fourth-order valence-electron chi connectivity index (χ4n) is 1.91. The Morgan fingerprint density at radius 1 is 1.60 bits per heavy atom. The normalized spacial score (nSPS) is 29.6. The molecule has 1 aliphatic heterocycles. The molecule has 1 aliphatic rings. The third-order valence-corrected chi connectivity index (χ3v) is 2.88. The summed E-state index contributed by atoms with van der Waals surface area (Å²) < 4.78 is 32.5. The molecule has 4 N–H and O–H groups in total. The van der Waals surface area contributed by atoms with Crippen LogP contribution >= 0.6 is 0 Å². The molecule has 1 aromatic rings. The molecule has 0 aromatic carbocycles. The van der Waals surface area contributed by atoms with Crippen LogP contribution in [0.5, 0.6) is 0 Å². The topological polar surface area (TPSA) is 128 Å². The lowest BCUT2D eigenvalue weighted by atomic mass is 10.1. The molecule has 2 rings (SSSR count). The molecule has 10 heteroatoms. The summed E-state index contributed by atoms with van der Waals surface area (Å²) in [6.07, 6.45) is -6.21. The molecule has 0 bridgehead atoms. The van der Waals surface area contributed by atoms with Crippen molar-refractivity contribution in [2.45, 2.75) is 24.6 Å². The standard InChI is InChI=1S/C10H11F2N3O5/c11-4-1-15(9(19)6(14-4)8(13)18)10-5(12)7(17)3(2-16)20-10/h1,3,5,7,10,16-17H,2H2,(H2,13,18)/t3-,5+,7-,10-/m1/s1. The maximum absolute atomic E-state index is 13.8. The fourth-order valence-corrected chi connectivity index (χ4v) is 1.91. The van der Waals surface area contributed by atoms with Gasteiger partial charge in [0.05, 0.1) is 12.8 Å². The number of hydrogen-bond donors (Lipinski definition) is 3. The zero-order valence-electron chi connectivity index (χ0n) is 9.94. The van der Waals surface area contributed by atoms with Crippen molar-refractivity contribution in [3.05, 3.63) is 28.2 Å². The van der Waals surface area contributed by atoms with Crippen LogP contribution in [-0.2, 0) is 4.74 Å². The van der Waals surface area contributed by atoms with Gasteiger partial charge in [-0.05, 0) is 0 Å². The van der Waals surface area contributed by atoms with Gasteiger partial charge in [0.1, 0.15) is 12.2 Å². The van der Waals surface area contributed by atoms with Crippen molar-refractivity contribution in [1.82, 2.24) is 9.55 Å². The molecule has 0 radical (unpaired) electrons. The van der Waals surface area contributed by atoms with Crippen LogP contribution < -0.4 is 11.3 Å². The Balaban J connectivity index is 2.49. The highest BCUT2D eigenvalue weighted by molar-refractivity contribution is 5.90. The van der Waals surface area contributed by atoms with Crippen LogP contribution in [0.4, 0.5) is 8.78 Å². The number of aromatic nitrogens is 2. The maximum atomic E-state index is 13.8. The second-order valence-corrected chi connectivity index (χ2v) is 4.17. The van der Waals surface area contributed by atoms with Gasteiger partial charge in [0.25, 0.3) is 11.5 Å². The summed E-state index contributed by atoms with van der Waals surface area (Å²) in [5.41, 5.74) is 2.79. The fraction of sp³-hybridized carbons (Fsp3) is 0.500. The second-order valence-electron chi connectivity index (χ2n) is 4.17. The van der Waals surface area contributed by atoms with Crippen LogP contribution in [0.25, 0.3) is 0 Å². The molecule has 20 heavy (non-hydrogen) atoms. The Hall–Kier alpha value is -1.91. The van der Waals surface area contributed by atoms with Gasteiger partial charge in [0.15, 0.2) is 18.1 Å². The van der Waals surface area contributed by atoms with Gasteiger partial charge in [-0.15, -0.1) is 0 Å². The number of hydrogen-bond acceptors (Lipinski definition) is 6. The van der Waals surface area contributed by atoms with Crippen molar-refractivity contribution < 1.29 is 28.5 Å². The van der Waals surface area contributed by atoms with Gasteiger partial charge < -0.3 is 20.7 Å². The number of nitrogens with two attached hydrogens (primary N) is 1. The van der Waals surface area contributed by atoms with E-state index in [9.17, 15) is 23.5 Å². The number of carbonyl (C=O) groups is 1. The number of nitrogens with zero attached hydrogens (tertiary/aromatic N) is 2. The molecule has 1 saturated heterocycles. The zero-order chi connectivity index (χ0) is 15.0. The van der Waals surface area contributed by atoms with E-state index in [-0.39, 0.29) is 0 Å². The summed E-state index contributed by atoms with van der Waals surface area (Å²) in [5, 5.41) is 18.3. The zero-order valence-corrected chi connectivity index (χ0v) is 9.94. The molecule has 4 atom stereocenters. The second kappa shape index (κ2) is 5.23. The molecule has 2 heterocycles. The predicted octanol–water partition coefficient (Wildman–Crippen LogP) is -1.93. The molecule has 0 spiro atoms. The molecule has 0 unspecified atom stereocenters. The number of alkyl halides is 1. The Morgan fingerprint density at radius 3 is 2.75 bits per heavy atom. The van der Waals surface area contributed by atoms with Crippen molar-refractivity contribution in [2.75, 3.05) is 6.61 Å². The van der Waals surface area contributed by atoms with Crippen molar-refractivity contribution in [2.24, 2.45) is 5.73 Å². The molecule has 8 nitrogen and oxygen atoms in total. The number of carbonyl (C=O) groups excluding carboxylic acids is 1. The highest BCUT2D eigenvalue weighted by Crippen LogP contribution is 2.30. The Labute approximate surface area is 110 Å². The van der Waals surface area contributed by atoms with Gasteiger partial charge >= 0.3 is 0 Å². The molecular weight excluding hydrogens is 280 g/mol. The minimum atomic E-state index is -2.09. The van der Waals surface area contributed by atoms with E-state index >= 15 is 0 Å². The highest BCUT2D eigenvalue weighted by atomic mass is 19.1. The highest BCUT2D eigenvalue weighted by Gasteiger charge is 2.45. The van der Waals surface area contributed by atoms with Crippen molar-refractivity contribution in [1.29, 1.82) is 0 Å². The molecule has 1 fully saturated rings. The minimum Gasteiger partial charge on any atom is -0.394 e. The van der Waals surface area contributed by atoms with E-state index in [0.717, 1.165) is 0 Å². The van der Waals surface area contributed by atoms with E-state index in [2.05, 4.69) is 4.98 Å². The van der Waals surface area contributed by atoms with E-state index in [4.69, 9.17) is 15.6 Å². The largest absolute Gasteiger partial charge is 0.394 e. The quantitative estimate of drug-likeness (QED) is 0.595. The average molecular weight is 291 g/mol.